The SMILES string of the molecule is CC(=O)Nc1ccc(NC(=O)COC(=O)[C@@H]2CC(=O)N(c3ccccc3)C2)cc1. The van der Waals surface area contributed by atoms with E-state index in [1.165, 1.54) is 6.92 Å². The molecule has 2 N–H and O–H groups in total. The van der Waals surface area contributed by atoms with E-state index in [1.54, 1.807) is 41.3 Å². The summed E-state index contributed by atoms with van der Waals surface area (Å²) in [5, 5.41) is 5.23. The fourth-order valence-electron chi connectivity index (χ4n) is 3.01. The van der Waals surface area contributed by atoms with Crippen molar-refractivity contribution in [1.82, 2.24) is 0 Å². The molecule has 1 atom stereocenters. The third kappa shape index (κ3) is 5.41. The van der Waals surface area contributed by atoms with Gasteiger partial charge in [0, 0.05) is 37.0 Å². The van der Waals surface area contributed by atoms with Crippen LogP contribution in [0.2, 0.25) is 0 Å². The van der Waals surface area contributed by atoms with E-state index in [-0.39, 0.29) is 24.8 Å². The van der Waals surface area contributed by atoms with Crippen LogP contribution in [-0.4, -0.2) is 36.8 Å². The molecule has 1 saturated heterocycles. The van der Waals surface area contributed by atoms with Crippen LogP contribution >= 0.6 is 0 Å². The summed E-state index contributed by atoms with van der Waals surface area (Å²) in [4.78, 5) is 49.0. The number of rotatable bonds is 6. The maximum absolute atomic E-state index is 12.3. The van der Waals surface area contributed by atoms with Crippen molar-refractivity contribution < 1.29 is 23.9 Å². The number of benzene rings is 2. The summed E-state index contributed by atoms with van der Waals surface area (Å²) in [5.41, 5.74) is 1.84. The zero-order chi connectivity index (χ0) is 20.8. The van der Waals surface area contributed by atoms with Crippen molar-refractivity contribution >= 4 is 40.8 Å². The van der Waals surface area contributed by atoms with Crippen LogP contribution in [0, 0.1) is 5.92 Å². The first-order valence-corrected chi connectivity index (χ1v) is 9.12. The Labute approximate surface area is 167 Å². The second-order valence-electron chi connectivity index (χ2n) is 6.66. The number of hydrogen-bond donors (Lipinski definition) is 2. The molecule has 1 aliphatic rings. The number of carbonyl (C=O) groups is 4. The molecule has 0 unspecified atom stereocenters. The predicted octanol–water partition coefficient (Wildman–Crippen LogP) is 2.18. The van der Waals surface area contributed by atoms with Crippen LogP contribution < -0.4 is 15.5 Å². The molecule has 1 heterocycles. The minimum absolute atomic E-state index is 0.0555. The molecular weight excluding hydrogens is 374 g/mol. The lowest BCUT2D eigenvalue weighted by Crippen LogP contribution is -2.28. The normalized spacial score (nSPS) is 15.7. The number of nitrogens with zero attached hydrogens (tertiary/aromatic N) is 1. The van der Waals surface area contributed by atoms with Gasteiger partial charge in [-0.15, -0.1) is 0 Å². The topological polar surface area (TPSA) is 105 Å². The molecule has 2 aromatic carbocycles. The summed E-state index contributed by atoms with van der Waals surface area (Å²) < 4.78 is 5.08. The predicted molar refractivity (Wildman–Crippen MR) is 107 cm³/mol. The molecule has 2 aromatic rings. The van der Waals surface area contributed by atoms with Gasteiger partial charge in [0.1, 0.15) is 0 Å². The monoisotopic (exact) mass is 395 g/mol. The Kier molecular flexibility index (Phi) is 6.23. The molecule has 0 radical (unpaired) electrons. The van der Waals surface area contributed by atoms with Crippen molar-refractivity contribution in [2.24, 2.45) is 5.92 Å². The van der Waals surface area contributed by atoms with E-state index < -0.39 is 24.4 Å². The number of ether oxygens (including phenoxy) is 1. The van der Waals surface area contributed by atoms with Gasteiger partial charge in [-0.05, 0) is 36.4 Å². The summed E-state index contributed by atoms with van der Waals surface area (Å²) in [5.74, 6) is -2.01. The van der Waals surface area contributed by atoms with Gasteiger partial charge in [0.25, 0.3) is 5.91 Å². The molecule has 8 heteroatoms. The molecule has 0 bridgehead atoms. The molecule has 0 saturated carbocycles. The van der Waals surface area contributed by atoms with Crippen LogP contribution in [0.3, 0.4) is 0 Å². The molecule has 0 aliphatic carbocycles. The fraction of sp³-hybridized carbons (Fsp3) is 0.238. The van der Waals surface area contributed by atoms with E-state index in [2.05, 4.69) is 10.6 Å². The highest BCUT2D eigenvalue weighted by atomic mass is 16.5. The maximum Gasteiger partial charge on any atom is 0.311 e. The molecule has 0 spiro atoms. The Hall–Kier alpha value is -3.68. The highest BCUT2D eigenvalue weighted by Crippen LogP contribution is 2.25. The summed E-state index contributed by atoms with van der Waals surface area (Å²) in [7, 11) is 0. The van der Waals surface area contributed by atoms with Crippen molar-refractivity contribution in [2.45, 2.75) is 13.3 Å². The average molecular weight is 395 g/mol. The third-order valence-corrected chi connectivity index (χ3v) is 4.36. The van der Waals surface area contributed by atoms with Crippen LogP contribution in [0.15, 0.2) is 54.6 Å². The largest absolute Gasteiger partial charge is 0.455 e. The van der Waals surface area contributed by atoms with Crippen molar-refractivity contribution in [3.05, 3.63) is 54.6 Å². The molecule has 0 aromatic heterocycles. The molecule has 29 heavy (non-hydrogen) atoms. The molecule has 3 rings (SSSR count). The first kappa shape index (κ1) is 20.1. The Morgan fingerprint density at radius 2 is 1.62 bits per heavy atom. The van der Waals surface area contributed by atoms with Crippen molar-refractivity contribution in [1.29, 1.82) is 0 Å². The van der Waals surface area contributed by atoms with E-state index in [4.69, 9.17) is 4.74 Å². The van der Waals surface area contributed by atoms with E-state index >= 15 is 0 Å². The van der Waals surface area contributed by atoms with E-state index in [0.29, 0.717) is 11.4 Å². The van der Waals surface area contributed by atoms with Gasteiger partial charge in [-0.2, -0.15) is 0 Å². The number of amides is 3. The summed E-state index contributed by atoms with van der Waals surface area (Å²) in [6.07, 6.45) is 0.0555. The van der Waals surface area contributed by atoms with Crippen molar-refractivity contribution in [3.8, 4) is 0 Å². The van der Waals surface area contributed by atoms with Crippen LogP contribution in [-0.2, 0) is 23.9 Å². The van der Waals surface area contributed by atoms with Gasteiger partial charge >= 0.3 is 5.97 Å². The number of nitrogens with one attached hydrogen (secondary N) is 2. The van der Waals surface area contributed by atoms with Gasteiger partial charge in [-0.25, -0.2) is 0 Å². The molecule has 1 fully saturated rings. The molecule has 1 aliphatic heterocycles. The summed E-state index contributed by atoms with van der Waals surface area (Å²) >= 11 is 0. The van der Waals surface area contributed by atoms with Crippen molar-refractivity contribution in [3.63, 3.8) is 0 Å². The third-order valence-electron chi connectivity index (χ3n) is 4.36. The second kappa shape index (κ2) is 9.01. The highest BCUT2D eigenvalue weighted by molar-refractivity contribution is 6.00. The smallest absolute Gasteiger partial charge is 0.311 e. The highest BCUT2D eigenvalue weighted by Gasteiger charge is 2.36. The van der Waals surface area contributed by atoms with Crippen LogP contribution in [0.1, 0.15) is 13.3 Å². The van der Waals surface area contributed by atoms with E-state index in [1.807, 2.05) is 18.2 Å². The molecule has 3 amide bonds. The lowest BCUT2D eigenvalue weighted by Gasteiger charge is -2.16. The first-order chi connectivity index (χ1) is 13.9. The zero-order valence-electron chi connectivity index (χ0n) is 15.9. The molecular formula is C21H21N3O5. The van der Waals surface area contributed by atoms with Gasteiger partial charge in [0.2, 0.25) is 11.8 Å². The number of anilines is 3. The number of carbonyl (C=O) groups excluding carboxylic acids is 4. The Bertz CT molecular complexity index is 912. The second-order valence-corrected chi connectivity index (χ2v) is 6.66. The van der Waals surface area contributed by atoms with Crippen molar-refractivity contribution in [2.75, 3.05) is 28.7 Å². The minimum Gasteiger partial charge on any atom is -0.455 e. The van der Waals surface area contributed by atoms with Gasteiger partial charge in [0.15, 0.2) is 6.61 Å². The standard InChI is InChI=1S/C21H21N3O5/c1-14(25)22-16-7-9-17(10-8-16)23-19(26)13-29-21(28)15-11-20(27)24(12-15)18-5-3-2-4-6-18/h2-10,15H,11-13H2,1H3,(H,22,25)(H,23,26)/t15-/m1/s1. The Morgan fingerprint density at radius 1 is 1.00 bits per heavy atom. The number of para-hydroxylation sites is 1. The fourth-order valence-corrected chi connectivity index (χ4v) is 3.01. The Morgan fingerprint density at radius 3 is 2.24 bits per heavy atom. The van der Waals surface area contributed by atoms with Gasteiger partial charge in [-0.1, -0.05) is 18.2 Å². The zero-order valence-corrected chi connectivity index (χ0v) is 15.9. The van der Waals surface area contributed by atoms with Gasteiger partial charge < -0.3 is 20.3 Å². The first-order valence-electron chi connectivity index (χ1n) is 9.12. The number of esters is 1. The van der Waals surface area contributed by atoms with Gasteiger partial charge in [0.05, 0.1) is 5.92 Å². The van der Waals surface area contributed by atoms with Crippen LogP contribution in [0.4, 0.5) is 17.1 Å². The van der Waals surface area contributed by atoms with Crippen LogP contribution in [0.25, 0.3) is 0 Å². The maximum atomic E-state index is 12.3. The molecule has 150 valence electrons. The minimum atomic E-state index is -0.604. The number of hydrogen-bond acceptors (Lipinski definition) is 5. The van der Waals surface area contributed by atoms with E-state index in [9.17, 15) is 19.2 Å². The lowest BCUT2D eigenvalue weighted by atomic mass is 10.1. The van der Waals surface area contributed by atoms with Crippen LogP contribution in [0.5, 0.6) is 0 Å². The molecule has 8 nitrogen and oxygen atoms in total. The Balaban J connectivity index is 1.47. The summed E-state index contributed by atoms with van der Waals surface area (Å²) in [6.45, 7) is 1.19. The van der Waals surface area contributed by atoms with Gasteiger partial charge in [-0.3, -0.25) is 19.2 Å². The lowest BCUT2D eigenvalue weighted by molar-refractivity contribution is -0.151. The average Bonchev–Trinajstić information content (AvgIpc) is 3.10. The summed E-state index contributed by atoms with van der Waals surface area (Å²) in [6, 6.07) is 15.6. The van der Waals surface area contributed by atoms with E-state index in [0.717, 1.165) is 5.69 Å². The quantitative estimate of drug-likeness (QED) is 0.730.